The number of hydrogen-bond acceptors (Lipinski definition) is 4. The third kappa shape index (κ3) is 8.71. The molecule has 0 saturated heterocycles. The topological polar surface area (TPSA) is 63.7 Å². The third-order valence-corrected chi connectivity index (χ3v) is 5.86. The molecule has 0 N–H and O–H groups in total. The molecule has 0 amide bonds. The summed E-state index contributed by atoms with van der Waals surface area (Å²) in [7, 11) is -5.06. The van der Waals surface area contributed by atoms with Gasteiger partial charge in [-0.05, 0) is 19.8 Å². The van der Waals surface area contributed by atoms with E-state index in [1.165, 1.54) is 0 Å². The number of halogens is 5. The molecular formula is C16H28F5NO4S. The number of nitrogens with zero attached hydrogens (tertiary/aromatic N) is 1. The molecule has 0 heterocycles. The quantitative estimate of drug-likeness (QED) is 0.234. The van der Waals surface area contributed by atoms with Crippen molar-refractivity contribution in [2.75, 3.05) is 20.2 Å². The summed E-state index contributed by atoms with van der Waals surface area (Å²) in [5, 5.41) is -5.79. The van der Waals surface area contributed by atoms with E-state index in [1.807, 2.05) is 0 Å². The molecule has 0 aliphatic carbocycles. The van der Waals surface area contributed by atoms with Crippen LogP contribution in [-0.2, 0) is 19.6 Å². The standard InChI is InChI=1S/C16H28F5NO4S/c1-3-26-14(23)12-10-8-6-4-5-7-9-11-13-22(2)27(24,25)16(20,21)15(17,18)19/h3-13H2,1-2H3. The summed E-state index contributed by atoms with van der Waals surface area (Å²) in [6.45, 7) is 1.71. The van der Waals surface area contributed by atoms with Crippen LogP contribution in [0.15, 0.2) is 0 Å². The van der Waals surface area contributed by atoms with Crippen LogP contribution in [0.4, 0.5) is 22.0 Å². The fourth-order valence-corrected chi connectivity index (χ4v) is 3.41. The van der Waals surface area contributed by atoms with Crippen LogP contribution in [0.1, 0.15) is 64.7 Å². The molecule has 0 aromatic rings. The second kappa shape index (κ2) is 11.8. The lowest BCUT2D eigenvalue weighted by atomic mass is 10.1. The Morgan fingerprint density at radius 2 is 1.33 bits per heavy atom. The Morgan fingerprint density at radius 3 is 1.78 bits per heavy atom. The molecular weight excluding hydrogens is 397 g/mol. The van der Waals surface area contributed by atoms with Gasteiger partial charge in [-0.25, -0.2) is 8.42 Å². The van der Waals surface area contributed by atoms with Crippen molar-refractivity contribution in [3.8, 4) is 0 Å². The Hall–Kier alpha value is -0.970. The minimum atomic E-state index is -6.15. The number of ether oxygens (including phenoxy) is 1. The van der Waals surface area contributed by atoms with Crippen LogP contribution in [0, 0.1) is 0 Å². The van der Waals surface area contributed by atoms with Crippen molar-refractivity contribution < 1.29 is 39.9 Å². The van der Waals surface area contributed by atoms with E-state index in [2.05, 4.69) is 0 Å². The van der Waals surface area contributed by atoms with Crippen LogP contribution in [0.5, 0.6) is 0 Å². The average Bonchev–Trinajstić information content (AvgIpc) is 2.55. The molecule has 0 atom stereocenters. The zero-order valence-electron chi connectivity index (χ0n) is 15.7. The monoisotopic (exact) mass is 425 g/mol. The molecule has 0 unspecified atom stereocenters. The molecule has 0 aromatic carbocycles. The number of rotatable bonds is 14. The number of sulfonamides is 1. The molecule has 0 rings (SSSR count). The molecule has 0 aromatic heterocycles. The Bertz CT molecular complexity index is 537. The smallest absolute Gasteiger partial charge is 0.466 e. The maximum Gasteiger partial charge on any atom is 0.470 e. The lowest BCUT2D eigenvalue weighted by molar-refractivity contribution is -0.242. The van der Waals surface area contributed by atoms with Gasteiger partial charge in [-0.2, -0.15) is 26.3 Å². The van der Waals surface area contributed by atoms with Gasteiger partial charge in [0.1, 0.15) is 0 Å². The second-order valence-electron chi connectivity index (χ2n) is 6.22. The number of esters is 1. The zero-order chi connectivity index (χ0) is 21.1. The van der Waals surface area contributed by atoms with Gasteiger partial charge in [0, 0.05) is 20.0 Å². The van der Waals surface area contributed by atoms with Gasteiger partial charge in [-0.1, -0.05) is 38.5 Å². The predicted molar refractivity (Wildman–Crippen MR) is 90.7 cm³/mol. The highest BCUT2D eigenvalue weighted by molar-refractivity contribution is 7.90. The van der Waals surface area contributed by atoms with Crippen molar-refractivity contribution in [1.29, 1.82) is 0 Å². The van der Waals surface area contributed by atoms with Crippen LogP contribution < -0.4 is 0 Å². The van der Waals surface area contributed by atoms with Crippen LogP contribution >= 0.6 is 0 Å². The predicted octanol–water partition coefficient (Wildman–Crippen LogP) is 4.48. The van der Waals surface area contributed by atoms with Gasteiger partial charge in [0.05, 0.1) is 6.61 Å². The highest BCUT2D eigenvalue weighted by Gasteiger charge is 2.68. The summed E-state index contributed by atoms with van der Waals surface area (Å²) in [6, 6.07) is 0. The summed E-state index contributed by atoms with van der Waals surface area (Å²) >= 11 is 0. The normalized spacial score (nSPS) is 13.2. The van der Waals surface area contributed by atoms with E-state index in [1.54, 1.807) is 6.92 Å². The van der Waals surface area contributed by atoms with Crippen LogP contribution in [0.2, 0.25) is 0 Å². The third-order valence-electron chi connectivity index (χ3n) is 3.97. The molecule has 162 valence electrons. The summed E-state index contributed by atoms with van der Waals surface area (Å²) in [4.78, 5) is 11.1. The fourth-order valence-electron chi connectivity index (χ4n) is 2.36. The largest absolute Gasteiger partial charge is 0.470 e. The first-order valence-corrected chi connectivity index (χ1v) is 10.4. The lowest BCUT2D eigenvalue weighted by Crippen LogP contribution is -2.50. The lowest BCUT2D eigenvalue weighted by Gasteiger charge is -2.25. The molecule has 0 saturated carbocycles. The summed E-state index contributed by atoms with van der Waals surface area (Å²) in [5.74, 6) is -0.215. The fraction of sp³-hybridized carbons (Fsp3) is 0.938. The van der Waals surface area contributed by atoms with Gasteiger partial charge < -0.3 is 4.74 Å². The summed E-state index contributed by atoms with van der Waals surface area (Å²) in [5.41, 5.74) is 0. The number of carbonyl (C=O) groups is 1. The first-order valence-electron chi connectivity index (χ1n) is 8.94. The number of hydrogen-bond donors (Lipinski definition) is 0. The highest BCUT2D eigenvalue weighted by Crippen LogP contribution is 2.41. The average molecular weight is 425 g/mol. The first-order chi connectivity index (χ1) is 12.4. The molecule has 0 radical (unpaired) electrons. The van der Waals surface area contributed by atoms with Gasteiger partial charge in [-0.3, -0.25) is 4.79 Å². The Balaban J connectivity index is 3.89. The molecule has 27 heavy (non-hydrogen) atoms. The van der Waals surface area contributed by atoms with Gasteiger partial charge >= 0.3 is 17.4 Å². The number of carbonyl (C=O) groups excluding carboxylic acids is 1. The molecule has 0 aliphatic rings. The number of alkyl halides is 5. The molecule has 5 nitrogen and oxygen atoms in total. The van der Waals surface area contributed by atoms with Crippen LogP contribution in [0.25, 0.3) is 0 Å². The van der Waals surface area contributed by atoms with E-state index < -0.39 is 28.0 Å². The summed E-state index contributed by atoms with van der Waals surface area (Å²) in [6.07, 6.45) is -0.0107. The van der Waals surface area contributed by atoms with Crippen molar-refractivity contribution >= 4 is 16.0 Å². The molecule has 0 fully saturated rings. The Kier molecular flexibility index (Phi) is 11.4. The Morgan fingerprint density at radius 1 is 0.889 bits per heavy atom. The van der Waals surface area contributed by atoms with Gasteiger partial charge in [-0.15, -0.1) is 0 Å². The van der Waals surface area contributed by atoms with Crippen LogP contribution in [0.3, 0.4) is 0 Å². The first kappa shape index (κ1) is 26.0. The van der Waals surface area contributed by atoms with E-state index in [4.69, 9.17) is 4.74 Å². The zero-order valence-corrected chi connectivity index (χ0v) is 16.5. The SMILES string of the molecule is CCOC(=O)CCCCCCCCCCN(C)S(=O)(=O)C(F)(F)C(F)(F)F. The maximum absolute atomic E-state index is 13.0. The minimum Gasteiger partial charge on any atom is -0.466 e. The van der Waals surface area contributed by atoms with Crippen molar-refractivity contribution in [3.63, 3.8) is 0 Å². The van der Waals surface area contributed by atoms with Gasteiger partial charge in [0.15, 0.2) is 0 Å². The molecule has 0 spiro atoms. The van der Waals surface area contributed by atoms with Crippen LogP contribution in [-0.4, -0.2) is 50.3 Å². The van der Waals surface area contributed by atoms with Crippen molar-refractivity contribution in [1.82, 2.24) is 4.31 Å². The highest BCUT2D eigenvalue weighted by atomic mass is 32.2. The van der Waals surface area contributed by atoms with Crippen molar-refractivity contribution in [3.05, 3.63) is 0 Å². The second-order valence-corrected chi connectivity index (χ2v) is 8.31. The number of unbranched alkanes of at least 4 members (excludes halogenated alkanes) is 7. The van der Waals surface area contributed by atoms with E-state index >= 15 is 0 Å². The van der Waals surface area contributed by atoms with E-state index in [9.17, 15) is 35.2 Å². The molecule has 0 aliphatic heterocycles. The maximum atomic E-state index is 13.0. The van der Waals surface area contributed by atoms with Gasteiger partial charge in [0.25, 0.3) is 10.0 Å². The van der Waals surface area contributed by atoms with Crippen molar-refractivity contribution in [2.24, 2.45) is 0 Å². The van der Waals surface area contributed by atoms with Crippen molar-refractivity contribution in [2.45, 2.75) is 76.1 Å². The van der Waals surface area contributed by atoms with E-state index in [-0.39, 0.29) is 16.7 Å². The van der Waals surface area contributed by atoms with Gasteiger partial charge in [0.2, 0.25) is 0 Å². The summed E-state index contributed by atoms with van der Waals surface area (Å²) < 4.78 is 90.3. The minimum absolute atomic E-state index is 0.0654. The van der Waals surface area contributed by atoms with E-state index in [0.29, 0.717) is 19.4 Å². The Labute approximate surface area is 157 Å². The van der Waals surface area contributed by atoms with E-state index in [0.717, 1.165) is 45.6 Å². The molecule has 11 heteroatoms. The molecule has 0 bridgehead atoms.